The average molecular weight is 250 g/mol. The maximum atomic E-state index is 5.51. The van der Waals surface area contributed by atoms with Crippen LogP contribution in [0.15, 0.2) is 0 Å². The van der Waals surface area contributed by atoms with Crippen molar-refractivity contribution >= 4 is 50.6 Å². The van der Waals surface area contributed by atoms with E-state index in [1.165, 1.54) is 19.3 Å². The fourth-order valence-electron chi connectivity index (χ4n) is 0.709. The van der Waals surface area contributed by atoms with E-state index in [2.05, 4.69) is 26.7 Å². The van der Waals surface area contributed by atoms with Gasteiger partial charge < -0.3 is 0 Å². The lowest BCUT2D eigenvalue weighted by molar-refractivity contribution is 0.682. The van der Waals surface area contributed by atoms with Crippen LogP contribution in [0.1, 0.15) is 32.1 Å². The van der Waals surface area contributed by atoms with E-state index in [0.29, 0.717) is 0 Å². The van der Waals surface area contributed by atoms with Crippen LogP contribution in [0.2, 0.25) is 0 Å². The molecule has 0 N–H and O–H groups in total. The van der Waals surface area contributed by atoms with Gasteiger partial charge in [0, 0.05) is 28.2 Å². The predicted molar refractivity (Wildman–Crippen MR) is 59.1 cm³/mol. The van der Waals surface area contributed by atoms with Crippen LogP contribution < -0.4 is 0 Å². The highest BCUT2D eigenvalue weighted by Crippen LogP contribution is 2.02. The summed E-state index contributed by atoms with van der Waals surface area (Å²) in [6, 6.07) is 0. The Labute approximate surface area is 98.7 Å². The Morgan fingerprint density at radius 1 is 1.09 bits per heavy atom. The average Bonchev–Trinajstić information content (AvgIpc) is 1.97. The standard InChI is InChI=1S/C8H12BrCl.Mg.2H/c9-7-5-3-1-2-4-6-8-10;;;/h1-4,6,8H2;;;. The molecule has 0 aromatic rings. The van der Waals surface area contributed by atoms with E-state index in [-0.39, 0.29) is 23.1 Å². The first-order valence-corrected chi connectivity index (χ1v) is 4.89. The Morgan fingerprint density at radius 2 is 1.73 bits per heavy atom. The maximum Gasteiger partial charge on any atom is 0.316 e. The molecule has 0 saturated carbocycles. The Kier molecular flexibility index (Phi) is 18.2. The largest absolute Gasteiger partial charge is 0.316 e. The van der Waals surface area contributed by atoms with Gasteiger partial charge >= 0.3 is 23.1 Å². The van der Waals surface area contributed by atoms with Gasteiger partial charge in [0.15, 0.2) is 0 Å². The zero-order valence-electron chi connectivity index (χ0n) is 6.00. The highest BCUT2D eigenvalue weighted by atomic mass is 79.9. The first-order valence-electron chi connectivity index (χ1n) is 3.56. The highest BCUT2D eigenvalue weighted by Gasteiger charge is 1.85. The summed E-state index contributed by atoms with van der Waals surface area (Å²) in [5.74, 6) is 3.75. The lowest BCUT2D eigenvalue weighted by Gasteiger charge is -1.93. The van der Waals surface area contributed by atoms with Crippen LogP contribution in [0.25, 0.3) is 0 Å². The second-order valence-electron chi connectivity index (χ2n) is 2.12. The number of hydrogen-bond donors (Lipinski definition) is 0. The van der Waals surface area contributed by atoms with Crippen molar-refractivity contribution in [2.45, 2.75) is 32.1 Å². The molecule has 0 aliphatic rings. The molecule has 0 fully saturated rings. The van der Waals surface area contributed by atoms with Crippen molar-refractivity contribution in [2.24, 2.45) is 0 Å². The number of unbranched alkanes of at least 4 members (excludes halogenated alkanes) is 4. The molecule has 0 bridgehead atoms. The Morgan fingerprint density at radius 3 is 2.27 bits per heavy atom. The minimum Gasteiger partial charge on any atom is -0.127 e. The van der Waals surface area contributed by atoms with Crippen molar-refractivity contribution in [2.75, 3.05) is 5.88 Å². The molecule has 0 saturated heterocycles. The minimum atomic E-state index is 0. The molecule has 0 heterocycles. The fraction of sp³-hybridized carbons (Fsp3) is 0.750. The molecule has 0 aliphatic heterocycles. The first-order chi connectivity index (χ1) is 4.91. The van der Waals surface area contributed by atoms with Crippen molar-refractivity contribution in [3.63, 3.8) is 0 Å². The van der Waals surface area contributed by atoms with Crippen molar-refractivity contribution in [3.05, 3.63) is 0 Å². The van der Waals surface area contributed by atoms with Crippen molar-refractivity contribution in [3.8, 4) is 10.8 Å². The molecule has 0 unspecified atom stereocenters. The monoisotopic (exact) mass is 248 g/mol. The SMILES string of the molecule is ClCCCCCCC#CBr.[MgH2]. The molecule has 0 aromatic heterocycles. The molecule has 0 nitrogen and oxygen atoms in total. The summed E-state index contributed by atoms with van der Waals surface area (Å²) in [6.45, 7) is 0. The smallest absolute Gasteiger partial charge is 0.127 e. The van der Waals surface area contributed by atoms with E-state index >= 15 is 0 Å². The molecule has 0 aliphatic carbocycles. The lowest BCUT2D eigenvalue weighted by atomic mass is 10.2. The molecule has 0 aromatic carbocycles. The van der Waals surface area contributed by atoms with Crippen LogP contribution in [0.5, 0.6) is 0 Å². The first kappa shape index (κ1) is 14.6. The quantitative estimate of drug-likeness (QED) is 0.304. The summed E-state index contributed by atoms with van der Waals surface area (Å²) >= 11 is 8.56. The molecule has 62 valence electrons. The van der Waals surface area contributed by atoms with E-state index in [1.807, 2.05) is 0 Å². The topological polar surface area (TPSA) is 0 Å². The third kappa shape index (κ3) is 14.0. The van der Waals surface area contributed by atoms with Crippen molar-refractivity contribution < 1.29 is 0 Å². The van der Waals surface area contributed by atoms with Crippen molar-refractivity contribution in [1.82, 2.24) is 0 Å². The lowest BCUT2D eigenvalue weighted by Crippen LogP contribution is -1.77. The normalized spacial score (nSPS) is 7.82. The summed E-state index contributed by atoms with van der Waals surface area (Å²) in [4.78, 5) is 2.70. The van der Waals surface area contributed by atoms with Gasteiger partial charge in [0.25, 0.3) is 0 Å². The zero-order chi connectivity index (χ0) is 7.66. The van der Waals surface area contributed by atoms with Gasteiger partial charge in [-0.05, 0) is 17.7 Å². The number of hydrogen-bond acceptors (Lipinski definition) is 0. The second-order valence-corrected chi connectivity index (χ2v) is 2.90. The Balaban J connectivity index is 0. The van der Waals surface area contributed by atoms with E-state index in [1.54, 1.807) is 0 Å². The minimum absolute atomic E-state index is 0. The molecular formula is C8H14BrClMg. The number of rotatable bonds is 5. The molecule has 0 rings (SSSR count). The van der Waals surface area contributed by atoms with E-state index < -0.39 is 0 Å². The Hall–Kier alpha value is 1.10. The molecule has 11 heavy (non-hydrogen) atoms. The molecule has 0 spiro atoms. The van der Waals surface area contributed by atoms with Crippen LogP contribution >= 0.6 is 27.5 Å². The summed E-state index contributed by atoms with van der Waals surface area (Å²) in [6.07, 6.45) is 5.86. The van der Waals surface area contributed by atoms with Crippen LogP contribution in [0, 0.1) is 10.8 Å². The van der Waals surface area contributed by atoms with Crippen LogP contribution in [0.4, 0.5) is 0 Å². The third-order valence-corrected chi connectivity index (χ3v) is 1.80. The molecule has 0 atom stereocenters. The Bertz CT molecular complexity index is 117. The van der Waals surface area contributed by atoms with Gasteiger partial charge in [-0.1, -0.05) is 18.8 Å². The van der Waals surface area contributed by atoms with Gasteiger partial charge in [0.1, 0.15) is 0 Å². The summed E-state index contributed by atoms with van der Waals surface area (Å²) < 4.78 is 0. The van der Waals surface area contributed by atoms with Crippen LogP contribution in [-0.2, 0) is 0 Å². The fourth-order valence-corrected chi connectivity index (χ4v) is 1.10. The summed E-state index contributed by atoms with van der Waals surface area (Å²) in [5.41, 5.74) is 0. The highest BCUT2D eigenvalue weighted by molar-refractivity contribution is 9.12. The second kappa shape index (κ2) is 13.7. The number of alkyl halides is 1. The third-order valence-electron chi connectivity index (χ3n) is 1.25. The van der Waals surface area contributed by atoms with Gasteiger partial charge in [-0.25, -0.2) is 0 Å². The van der Waals surface area contributed by atoms with Gasteiger partial charge in [0.05, 0.1) is 0 Å². The molecule has 0 radical (unpaired) electrons. The number of halogens is 2. The van der Waals surface area contributed by atoms with Crippen molar-refractivity contribution in [1.29, 1.82) is 0 Å². The van der Waals surface area contributed by atoms with E-state index in [0.717, 1.165) is 18.7 Å². The van der Waals surface area contributed by atoms with Gasteiger partial charge in [-0.2, -0.15) is 0 Å². The van der Waals surface area contributed by atoms with Crippen LogP contribution in [0.3, 0.4) is 0 Å². The molecule has 3 heteroatoms. The van der Waals surface area contributed by atoms with Crippen LogP contribution in [-0.4, -0.2) is 28.9 Å². The van der Waals surface area contributed by atoms with E-state index in [9.17, 15) is 0 Å². The van der Waals surface area contributed by atoms with Gasteiger partial charge in [-0.15, -0.1) is 11.6 Å². The maximum absolute atomic E-state index is 5.51. The molecule has 0 amide bonds. The summed E-state index contributed by atoms with van der Waals surface area (Å²) in [5, 5.41) is 0. The predicted octanol–water partition coefficient (Wildman–Crippen LogP) is 2.62. The van der Waals surface area contributed by atoms with E-state index in [4.69, 9.17) is 11.6 Å². The van der Waals surface area contributed by atoms with Gasteiger partial charge in [0.2, 0.25) is 0 Å². The zero-order valence-corrected chi connectivity index (χ0v) is 8.34. The van der Waals surface area contributed by atoms with Gasteiger partial charge in [-0.3, -0.25) is 0 Å². The summed E-state index contributed by atoms with van der Waals surface area (Å²) in [7, 11) is 0. The molecular weight excluding hydrogens is 236 g/mol.